The summed E-state index contributed by atoms with van der Waals surface area (Å²) in [4.78, 5) is 4.53. The molecule has 0 saturated carbocycles. The second kappa shape index (κ2) is 10.1. The number of allylic oxidation sites excluding steroid dienone is 1. The van der Waals surface area contributed by atoms with Crippen molar-refractivity contribution in [2.45, 2.75) is 64.1 Å². The molecule has 1 fully saturated rings. The first kappa shape index (κ1) is 24.7. The zero-order chi connectivity index (χ0) is 24.5. The van der Waals surface area contributed by atoms with E-state index in [-0.39, 0.29) is 12.1 Å². The van der Waals surface area contributed by atoms with Gasteiger partial charge in [-0.2, -0.15) is 0 Å². The molecule has 0 bridgehead atoms. The number of hydrogen-bond acceptors (Lipinski definition) is 6. The van der Waals surface area contributed by atoms with Gasteiger partial charge in [0.2, 0.25) is 0 Å². The van der Waals surface area contributed by atoms with Crippen LogP contribution in [0.5, 0.6) is 5.75 Å². The van der Waals surface area contributed by atoms with Crippen molar-refractivity contribution in [3.63, 3.8) is 0 Å². The normalized spacial score (nSPS) is 22.2. The zero-order valence-corrected chi connectivity index (χ0v) is 20.8. The number of rotatable bonds is 7. The Labute approximate surface area is 202 Å². The average molecular weight is 481 g/mol. The number of phenolic OH excluding ortho intramolecular Hbond substituents is 1. The second-order valence-electron chi connectivity index (χ2n) is 9.35. The molecule has 180 valence electrons. The van der Waals surface area contributed by atoms with Gasteiger partial charge < -0.3 is 14.8 Å². The summed E-state index contributed by atoms with van der Waals surface area (Å²) in [5.41, 5.74) is 6.22. The van der Waals surface area contributed by atoms with Crippen LogP contribution in [0.25, 0.3) is 11.6 Å². The van der Waals surface area contributed by atoms with Crippen molar-refractivity contribution in [1.29, 1.82) is 0 Å². The summed E-state index contributed by atoms with van der Waals surface area (Å²) >= 11 is 0. The molecule has 2 aromatic rings. The number of hydrogen-bond donors (Lipinski definition) is 2. The van der Waals surface area contributed by atoms with Crippen LogP contribution < -0.4 is 0 Å². The second-order valence-corrected chi connectivity index (χ2v) is 11.5. The standard InChI is InChI=1S/C26H32BNO5S/c1-4-7-21-16-34(31,32)24-15-27(30)33-23(25(21)24)10-9-20(22-8-5-6-11-28-22)14-19-12-17(2)26(29)18(3)13-19/h5-6,8,11-14,23-24,29-30H,4,7,9-10,15-16H2,1-3H3/b20-14-/t23-,24+/m1/s1. The molecule has 2 aliphatic rings. The Morgan fingerprint density at radius 3 is 2.65 bits per heavy atom. The van der Waals surface area contributed by atoms with Gasteiger partial charge in [-0.1, -0.05) is 25.0 Å². The molecule has 4 rings (SSSR count). The summed E-state index contributed by atoms with van der Waals surface area (Å²) < 4.78 is 31.5. The Morgan fingerprint density at radius 2 is 2.00 bits per heavy atom. The van der Waals surface area contributed by atoms with Gasteiger partial charge in [-0.25, -0.2) is 8.42 Å². The number of benzene rings is 1. The minimum Gasteiger partial charge on any atom is -0.507 e. The third kappa shape index (κ3) is 5.14. The Bertz CT molecular complexity index is 1200. The molecule has 34 heavy (non-hydrogen) atoms. The summed E-state index contributed by atoms with van der Waals surface area (Å²) in [5, 5.41) is 19.8. The van der Waals surface area contributed by atoms with Gasteiger partial charge in [-0.15, -0.1) is 0 Å². The van der Waals surface area contributed by atoms with Gasteiger partial charge in [0.05, 0.1) is 22.8 Å². The van der Waals surface area contributed by atoms with Crippen LogP contribution in [0.15, 0.2) is 47.7 Å². The molecule has 1 saturated heterocycles. The van der Waals surface area contributed by atoms with Crippen molar-refractivity contribution in [2.75, 3.05) is 5.75 Å². The lowest BCUT2D eigenvalue weighted by atomic mass is 9.74. The number of sulfone groups is 1. The van der Waals surface area contributed by atoms with Crippen LogP contribution >= 0.6 is 0 Å². The first-order valence-electron chi connectivity index (χ1n) is 11.9. The molecule has 3 heterocycles. The van der Waals surface area contributed by atoms with Crippen molar-refractivity contribution in [1.82, 2.24) is 4.98 Å². The third-order valence-electron chi connectivity index (χ3n) is 6.72. The van der Waals surface area contributed by atoms with Crippen LogP contribution in [0, 0.1) is 13.8 Å². The summed E-state index contributed by atoms with van der Waals surface area (Å²) in [5.74, 6) is 0.368. The van der Waals surface area contributed by atoms with Crippen molar-refractivity contribution >= 4 is 28.6 Å². The molecule has 6 nitrogen and oxygen atoms in total. The highest BCUT2D eigenvalue weighted by Gasteiger charge is 2.48. The van der Waals surface area contributed by atoms with Gasteiger partial charge in [0.15, 0.2) is 9.84 Å². The highest BCUT2D eigenvalue weighted by atomic mass is 32.2. The van der Waals surface area contributed by atoms with Crippen LogP contribution in [0.2, 0.25) is 6.32 Å². The van der Waals surface area contributed by atoms with Crippen LogP contribution in [0.1, 0.15) is 55.0 Å². The number of aromatic hydroxyl groups is 1. The summed E-state index contributed by atoms with van der Waals surface area (Å²) in [6, 6.07) is 9.63. The molecule has 0 radical (unpaired) electrons. The van der Waals surface area contributed by atoms with E-state index in [4.69, 9.17) is 4.65 Å². The molecule has 0 unspecified atom stereocenters. The average Bonchev–Trinajstić information content (AvgIpc) is 3.05. The van der Waals surface area contributed by atoms with E-state index in [9.17, 15) is 18.5 Å². The predicted molar refractivity (Wildman–Crippen MR) is 136 cm³/mol. The summed E-state index contributed by atoms with van der Waals surface area (Å²) in [6.07, 6.45) is 6.22. The van der Waals surface area contributed by atoms with Crippen molar-refractivity contribution in [2.24, 2.45) is 0 Å². The van der Waals surface area contributed by atoms with Crippen molar-refractivity contribution in [3.05, 3.63) is 70.1 Å². The lowest BCUT2D eigenvalue weighted by Gasteiger charge is -2.32. The fourth-order valence-electron chi connectivity index (χ4n) is 5.19. The molecule has 0 aliphatic carbocycles. The monoisotopic (exact) mass is 481 g/mol. The van der Waals surface area contributed by atoms with Gasteiger partial charge >= 0.3 is 7.12 Å². The quantitative estimate of drug-likeness (QED) is 0.447. The SMILES string of the molecule is CCCC1=C2[C@@H](CC/C(=C/c3cc(C)c(O)c(C)c3)c3ccccn3)OB(O)C[C@@H]2S(=O)(=O)C1. The number of phenols is 1. The molecular weight excluding hydrogens is 449 g/mol. The van der Waals surface area contributed by atoms with E-state index in [0.717, 1.165) is 51.9 Å². The fourth-order valence-corrected chi connectivity index (χ4v) is 7.35. The van der Waals surface area contributed by atoms with E-state index in [2.05, 4.69) is 11.1 Å². The molecule has 1 aromatic heterocycles. The molecule has 8 heteroatoms. The fraction of sp³-hybridized carbons (Fsp3) is 0.423. The number of pyridine rings is 1. The number of fused-ring (bicyclic) bond motifs is 1. The number of aryl methyl sites for hydroxylation is 2. The molecular formula is C26H32BNO5S. The minimum atomic E-state index is -3.30. The van der Waals surface area contributed by atoms with Crippen LogP contribution in [0.3, 0.4) is 0 Å². The Morgan fingerprint density at radius 1 is 1.26 bits per heavy atom. The molecule has 1 aromatic carbocycles. The summed E-state index contributed by atoms with van der Waals surface area (Å²) in [7, 11) is -4.39. The number of nitrogens with zero attached hydrogens (tertiary/aromatic N) is 1. The maximum absolute atomic E-state index is 12.8. The van der Waals surface area contributed by atoms with E-state index >= 15 is 0 Å². The maximum atomic E-state index is 12.8. The Balaban J connectivity index is 1.67. The largest absolute Gasteiger partial charge is 0.507 e. The van der Waals surface area contributed by atoms with Crippen molar-refractivity contribution in [3.8, 4) is 5.75 Å². The van der Waals surface area contributed by atoms with E-state index < -0.39 is 28.3 Å². The van der Waals surface area contributed by atoms with E-state index in [1.807, 2.05) is 51.1 Å². The van der Waals surface area contributed by atoms with Gasteiger partial charge in [0.25, 0.3) is 0 Å². The molecule has 0 spiro atoms. The highest BCUT2D eigenvalue weighted by Crippen LogP contribution is 2.41. The lowest BCUT2D eigenvalue weighted by molar-refractivity contribution is 0.171. The van der Waals surface area contributed by atoms with Gasteiger partial charge in [0, 0.05) is 12.5 Å². The van der Waals surface area contributed by atoms with Gasteiger partial charge in [-0.05, 0) is 91.3 Å². The van der Waals surface area contributed by atoms with E-state index in [1.54, 1.807) is 6.20 Å². The topological polar surface area (TPSA) is 96.7 Å². The molecule has 2 atom stereocenters. The van der Waals surface area contributed by atoms with Gasteiger partial charge in [0.1, 0.15) is 5.75 Å². The van der Waals surface area contributed by atoms with Crippen LogP contribution in [-0.2, 0) is 14.5 Å². The molecule has 2 aliphatic heterocycles. The van der Waals surface area contributed by atoms with Crippen molar-refractivity contribution < 1.29 is 23.2 Å². The molecule has 0 amide bonds. The Kier molecular flexibility index (Phi) is 7.31. The van der Waals surface area contributed by atoms with Gasteiger partial charge in [-0.3, -0.25) is 4.98 Å². The summed E-state index contributed by atoms with van der Waals surface area (Å²) in [6.45, 7) is 5.80. The van der Waals surface area contributed by atoms with E-state index in [0.29, 0.717) is 18.6 Å². The number of aromatic nitrogens is 1. The first-order valence-corrected chi connectivity index (χ1v) is 13.6. The Hall–Kier alpha value is -2.42. The minimum absolute atomic E-state index is 0.0718. The first-order chi connectivity index (χ1) is 16.2. The predicted octanol–water partition coefficient (Wildman–Crippen LogP) is 4.50. The zero-order valence-electron chi connectivity index (χ0n) is 20.0. The molecule has 2 N–H and O–H groups in total. The maximum Gasteiger partial charge on any atom is 0.456 e. The third-order valence-corrected chi connectivity index (χ3v) is 8.79. The van der Waals surface area contributed by atoms with Crippen LogP contribution in [-0.4, -0.2) is 47.8 Å². The highest BCUT2D eigenvalue weighted by molar-refractivity contribution is 7.92. The lowest BCUT2D eigenvalue weighted by Crippen LogP contribution is -2.41. The smallest absolute Gasteiger partial charge is 0.456 e. The van der Waals surface area contributed by atoms with Crippen LogP contribution in [0.4, 0.5) is 0 Å². The van der Waals surface area contributed by atoms with E-state index in [1.165, 1.54) is 0 Å².